The number of aliphatic hydroxyl groups is 3. The molecule has 0 saturated carbocycles. The van der Waals surface area contributed by atoms with Crippen LogP contribution in [0.15, 0.2) is 6.33 Å². The molecule has 8 nitrogen and oxygen atoms in total. The van der Waals surface area contributed by atoms with Gasteiger partial charge in [0, 0.05) is 6.42 Å². The maximum absolute atomic E-state index is 11.5. The van der Waals surface area contributed by atoms with Gasteiger partial charge in [-0.25, -0.2) is 4.98 Å². The Morgan fingerprint density at radius 3 is 2.75 bits per heavy atom. The molecule has 2 rings (SSSR count). The van der Waals surface area contributed by atoms with Crippen molar-refractivity contribution in [1.82, 2.24) is 9.55 Å². The summed E-state index contributed by atoms with van der Waals surface area (Å²) >= 11 is 0. The molecule has 0 aliphatic carbocycles. The lowest BCUT2D eigenvalue weighted by atomic mass is 10.1. The second-order valence-electron chi connectivity index (χ2n) is 5.70. The number of rotatable bonds is 6. The van der Waals surface area contributed by atoms with Gasteiger partial charge in [0.05, 0.1) is 12.9 Å². The number of nitrogens with zero attached hydrogens (tertiary/aromatic N) is 2. The van der Waals surface area contributed by atoms with E-state index in [9.17, 15) is 20.1 Å². The predicted octanol–water partition coefficient (Wildman–Crippen LogP) is -0.475. The van der Waals surface area contributed by atoms with Gasteiger partial charge in [-0.15, -0.1) is 0 Å². The highest BCUT2D eigenvalue weighted by Crippen LogP contribution is 2.30. The molecule has 1 aromatic heterocycles. The van der Waals surface area contributed by atoms with E-state index >= 15 is 0 Å². The van der Waals surface area contributed by atoms with Crippen molar-refractivity contribution in [2.75, 3.05) is 6.61 Å². The summed E-state index contributed by atoms with van der Waals surface area (Å²) in [6.07, 6.45) is 0.580. The van der Waals surface area contributed by atoms with Gasteiger partial charge in [0.2, 0.25) is 0 Å². The van der Waals surface area contributed by atoms with Crippen LogP contribution in [0.4, 0.5) is 0 Å². The Morgan fingerprint density at radius 1 is 1.42 bits per heavy atom. The van der Waals surface area contributed by atoms with Crippen LogP contribution in [-0.4, -0.2) is 55.7 Å². The molecule has 1 amide bonds. The van der Waals surface area contributed by atoms with Gasteiger partial charge in [0.15, 0.2) is 11.9 Å². The number of aromatic nitrogens is 2. The van der Waals surface area contributed by atoms with Crippen LogP contribution in [-0.2, 0) is 4.74 Å². The molecule has 1 saturated heterocycles. The normalized spacial score (nSPS) is 26.2. The first kappa shape index (κ1) is 18.4. The smallest absolute Gasteiger partial charge is 0.270 e. The van der Waals surface area contributed by atoms with Crippen molar-refractivity contribution in [2.24, 2.45) is 5.73 Å². The molecule has 5 N–H and O–H groups in total. The standard InChI is InChI=1S/C16H23N3O5/c1-2-3-4-5-6-7-10-12(15(17)23)18-9-19(10)16-14(22)13(21)11(8-20)24-16/h9,11,13-14,16,20-22H,2-5,8H2,1H3,(H2,17,23)/t11-,13-,14-,16-/m1/s1. The van der Waals surface area contributed by atoms with Gasteiger partial charge >= 0.3 is 0 Å². The molecule has 4 atom stereocenters. The number of carbonyl (C=O) groups excluding carboxylic acids is 1. The van der Waals surface area contributed by atoms with Gasteiger partial charge < -0.3 is 25.8 Å². The summed E-state index contributed by atoms with van der Waals surface area (Å²) in [7, 11) is 0. The molecule has 0 spiro atoms. The van der Waals surface area contributed by atoms with E-state index in [4.69, 9.17) is 10.5 Å². The number of unbranched alkanes of at least 4 members (excludes halogenated alkanes) is 3. The van der Waals surface area contributed by atoms with Gasteiger partial charge in [-0.2, -0.15) is 0 Å². The fourth-order valence-electron chi connectivity index (χ4n) is 2.58. The Hall–Kier alpha value is -1.92. The van der Waals surface area contributed by atoms with Crippen LogP contribution in [0.25, 0.3) is 0 Å². The number of nitrogens with two attached hydrogens (primary N) is 1. The predicted molar refractivity (Wildman–Crippen MR) is 84.8 cm³/mol. The first-order valence-corrected chi connectivity index (χ1v) is 7.99. The third-order valence-corrected chi connectivity index (χ3v) is 3.93. The number of primary amides is 1. The van der Waals surface area contributed by atoms with E-state index in [1.807, 2.05) is 0 Å². The highest BCUT2D eigenvalue weighted by Gasteiger charge is 2.44. The molecule has 24 heavy (non-hydrogen) atoms. The number of aliphatic hydroxyl groups excluding tert-OH is 3. The lowest BCUT2D eigenvalue weighted by molar-refractivity contribution is -0.0531. The van der Waals surface area contributed by atoms with Crippen molar-refractivity contribution in [3.8, 4) is 11.8 Å². The van der Waals surface area contributed by atoms with Crippen LogP contribution in [0, 0.1) is 11.8 Å². The average Bonchev–Trinajstić information content (AvgIpc) is 3.09. The molecule has 0 unspecified atom stereocenters. The number of amides is 1. The van der Waals surface area contributed by atoms with Crippen molar-refractivity contribution in [1.29, 1.82) is 0 Å². The first-order valence-electron chi connectivity index (χ1n) is 7.99. The molecule has 1 aromatic rings. The van der Waals surface area contributed by atoms with Crippen molar-refractivity contribution in [2.45, 2.75) is 57.1 Å². The largest absolute Gasteiger partial charge is 0.394 e. The zero-order valence-corrected chi connectivity index (χ0v) is 13.6. The zero-order chi connectivity index (χ0) is 17.7. The van der Waals surface area contributed by atoms with Crippen molar-refractivity contribution >= 4 is 5.91 Å². The van der Waals surface area contributed by atoms with Crippen LogP contribution in [0.2, 0.25) is 0 Å². The third-order valence-electron chi connectivity index (χ3n) is 3.93. The molecular formula is C16H23N3O5. The van der Waals surface area contributed by atoms with Gasteiger partial charge in [-0.05, 0) is 12.3 Å². The van der Waals surface area contributed by atoms with Crippen LogP contribution < -0.4 is 5.73 Å². The van der Waals surface area contributed by atoms with Gasteiger partial charge in [-0.3, -0.25) is 9.36 Å². The monoisotopic (exact) mass is 337 g/mol. The quantitative estimate of drug-likeness (QED) is 0.410. The molecule has 0 aromatic carbocycles. The molecule has 1 fully saturated rings. The number of hydrogen-bond acceptors (Lipinski definition) is 6. The summed E-state index contributed by atoms with van der Waals surface area (Å²) in [5.41, 5.74) is 5.53. The number of imidazole rings is 1. The Kier molecular flexibility index (Phi) is 6.34. The van der Waals surface area contributed by atoms with E-state index in [0.717, 1.165) is 19.3 Å². The molecule has 2 heterocycles. The molecule has 0 radical (unpaired) electrons. The lowest BCUT2D eigenvalue weighted by Gasteiger charge is -2.17. The Bertz CT molecular complexity index is 633. The van der Waals surface area contributed by atoms with Gasteiger partial charge in [0.25, 0.3) is 5.91 Å². The summed E-state index contributed by atoms with van der Waals surface area (Å²) in [5.74, 6) is 5.09. The van der Waals surface area contributed by atoms with E-state index in [2.05, 4.69) is 23.7 Å². The van der Waals surface area contributed by atoms with Crippen LogP contribution in [0.3, 0.4) is 0 Å². The number of carbonyl (C=O) groups is 1. The lowest BCUT2D eigenvalue weighted by Crippen LogP contribution is -2.33. The van der Waals surface area contributed by atoms with E-state index < -0.39 is 37.1 Å². The van der Waals surface area contributed by atoms with Crippen LogP contribution in [0.5, 0.6) is 0 Å². The minimum absolute atomic E-state index is 0.0178. The second-order valence-corrected chi connectivity index (χ2v) is 5.70. The summed E-state index contributed by atoms with van der Waals surface area (Å²) in [6, 6.07) is 0. The Balaban J connectivity index is 2.28. The highest BCUT2D eigenvalue weighted by atomic mass is 16.6. The summed E-state index contributed by atoms with van der Waals surface area (Å²) in [5, 5.41) is 29.2. The topological polar surface area (TPSA) is 131 Å². The molecular weight excluding hydrogens is 314 g/mol. The maximum atomic E-state index is 11.5. The van der Waals surface area contributed by atoms with Crippen LogP contribution in [0.1, 0.15) is 55.0 Å². The molecule has 8 heteroatoms. The highest BCUT2D eigenvalue weighted by molar-refractivity contribution is 5.93. The van der Waals surface area contributed by atoms with E-state index in [0.29, 0.717) is 6.42 Å². The van der Waals surface area contributed by atoms with E-state index in [1.165, 1.54) is 10.9 Å². The van der Waals surface area contributed by atoms with Gasteiger partial charge in [-0.1, -0.05) is 25.7 Å². The maximum Gasteiger partial charge on any atom is 0.270 e. The fourth-order valence-corrected chi connectivity index (χ4v) is 2.58. The minimum Gasteiger partial charge on any atom is -0.394 e. The summed E-state index contributed by atoms with van der Waals surface area (Å²) in [6.45, 7) is 1.65. The minimum atomic E-state index is -1.28. The first-order chi connectivity index (χ1) is 11.5. The zero-order valence-electron chi connectivity index (χ0n) is 13.6. The van der Waals surface area contributed by atoms with E-state index in [-0.39, 0.29) is 11.4 Å². The summed E-state index contributed by atoms with van der Waals surface area (Å²) in [4.78, 5) is 15.5. The average molecular weight is 337 g/mol. The number of hydrogen-bond donors (Lipinski definition) is 4. The molecule has 1 aliphatic heterocycles. The molecule has 1 aliphatic rings. The SMILES string of the molecule is CCCCCC#Cc1c(C(N)=O)ncn1[C@@H]1O[C@H](CO)[C@@H](O)[C@H]1O. The summed E-state index contributed by atoms with van der Waals surface area (Å²) < 4.78 is 6.82. The van der Waals surface area contributed by atoms with Crippen molar-refractivity contribution < 1.29 is 24.9 Å². The second kappa shape index (κ2) is 8.26. The Labute approximate surface area is 140 Å². The van der Waals surface area contributed by atoms with Crippen LogP contribution >= 0.6 is 0 Å². The Morgan fingerprint density at radius 2 is 2.17 bits per heavy atom. The van der Waals surface area contributed by atoms with Crippen molar-refractivity contribution in [3.05, 3.63) is 17.7 Å². The fraction of sp³-hybridized carbons (Fsp3) is 0.625. The van der Waals surface area contributed by atoms with Crippen molar-refractivity contribution in [3.63, 3.8) is 0 Å². The molecule has 0 bridgehead atoms. The van der Waals surface area contributed by atoms with E-state index in [1.54, 1.807) is 0 Å². The van der Waals surface area contributed by atoms with Gasteiger partial charge in [0.1, 0.15) is 24.0 Å². The number of ether oxygens (including phenoxy) is 1. The molecule has 132 valence electrons. The third kappa shape index (κ3) is 3.76.